The summed E-state index contributed by atoms with van der Waals surface area (Å²) in [5.41, 5.74) is 0.106. The molecule has 0 aliphatic rings. The highest BCUT2D eigenvalue weighted by Gasteiger charge is 2.16. The van der Waals surface area contributed by atoms with Crippen LogP contribution in [-0.2, 0) is 4.74 Å². The van der Waals surface area contributed by atoms with Crippen LogP contribution in [0.4, 0.5) is 5.69 Å². The second kappa shape index (κ2) is 6.46. The van der Waals surface area contributed by atoms with E-state index >= 15 is 0 Å². The van der Waals surface area contributed by atoms with Gasteiger partial charge >= 0.3 is 0 Å². The first-order valence-electron chi connectivity index (χ1n) is 5.19. The lowest BCUT2D eigenvalue weighted by atomic mass is 10.2. The van der Waals surface area contributed by atoms with Crippen LogP contribution in [0.3, 0.4) is 0 Å². The van der Waals surface area contributed by atoms with Crippen molar-refractivity contribution >= 4 is 27.5 Å². The lowest BCUT2D eigenvalue weighted by molar-refractivity contribution is -0.385. The van der Waals surface area contributed by atoms with Crippen LogP contribution in [0, 0.1) is 10.1 Å². The van der Waals surface area contributed by atoms with E-state index in [4.69, 9.17) is 4.74 Å². The van der Waals surface area contributed by atoms with Gasteiger partial charge < -0.3 is 10.1 Å². The van der Waals surface area contributed by atoms with Crippen LogP contribution >= 0.6 is 15.9 Å². The minimum atomic E-state index is -0.542. The van der Waals surface area contributed by atoms with Gasteiger partial charge in [0.25, 0.3) is 11.6 Å². The van der Waals surface area contributed by atoms with Crippen LogP contribution in [0.25, 0.3) is 0 Å². The lowest BCUT2D eigenvalue weighted by Gasteiger charge is -2.12. The number of hydrogen-bond donors (Lipinski definition) is 1. The SMILES string of the molecule is COCC(C)NC(=O)c1ccc(Br)c([N+](=O)[O-])c1. The van der Waals surface area contributed by atoms with Gasteiger partial charge in [0.1, 0.15) is 0 Å². The summed E-state index contributed by atoms with van der Waals surface area (Å²) < 4.78 is 5.23. The Morgan fingerprint density at radius 2 is 2.28 bits per heavy atom. The van der Waals surface area contributed by atoms with Crippen molar-refractivity contribution in [2.24, 2.45) is 0 Å². The van der Waals surface area contributed by atoms with E-state index < -0.39 is 4.92 Å². The second-order valence-electron chi connectivity index (χ2n) is 3.75. The first-order chi connectivity index (χ1) is 8.45. The number of carbonyl (C=O) groups excluding carboxylic acids is 1. The Balaban J connectivity index is 2.87. The molecule has 1 amide bonds. The Bertz CT molecular complexity index is 464. The smallest absolute Gasteiger partial charge is 0.284 e. The third kappa shape index (κ3) is 3.78. The topological polar surface area (TPSA) is 81.5 Å². The number of ether oxygens (including phenoxy) is 1. The number of rotatable bonds is 5. The molecule has 7 heteroatoms. The minimum Gasteiger partial charge on any atom is -0.383 e. The van der Waals surface area contributed by atoms with E-state index in [1.54, 1.807) is 6.92 Å². The average Bonchev–Trinajstić information content (AvgIpc) is 2.29. The normalized spacial score (nSPS) is 11.9. The molecule has 0 saturated carbocycles. The summed E-state index contributed by atoms with van der Waals surface area (Å²) in [5, 5.41) is 13.4. The van der Waals surface area contributed by atoms with Crippen LogP contribution in [-0.4, -0.2) is 30.6 Å². The van der Waals surface area contributed by atoms with Gasteiger partial charge in [-0.1, -0.05) is 0 Å². The predicted molar refractivity (Wildman–Crippen MR) is 69.6 cm³/mol. The Morgan fingerprint density at radius 3 is 2.83 bits per heavy atom. The molecule has 1 aromatic carbocycles. The fraction of sp³-hybridized carbons (Fsp3) is 0.364. The first kappa shape index (κ1) is 14.6. The largest absolute Gasteiger partial charge is 0.383 e. The standard InChI is InChI=1S/C11H13BrN2O4/c1-7(6-18-2)13-11(15)8-3-4-9(12)10(5-8)14(16)17/h3-5,7H,6H2,1-2H3,(H,13,15). The van der Waals surface area contributed by atoms with E-state index in [0.717, 1.165) is 0 Å². The molecule has 1 N–H and O–H groups in total. The number of nitro groups is 1. The maximum atomic E-state index is 11.8. The number of nitro benzene ring substituents is 1. The average molecular weight is 317 g/mol. The highest BCUT2D eigenvalue weighted by Crippen LogP contribution is 2.25. The molecule has 98 valence electrons. The molecule has 0 spiro atoms. The van der Waals surface area contributed by atoms with Crippen molar-refractivity contribution in [3.05, 3.63) is 38.3 Å². The summed E-state index contributed by atoms with van der Waals surface area (Å²) in [4.78, 5) is 22.0. The van der Waals surface area contributed by atoms with E-state index in [1.807, 2.05) is 0 Å². The van der Waals surface area contributed by atoms with Crippen LogP contribution in [0.5, 0.6) is 0 Å². The number of carbonyl (C=O) groups is 1. The zero-order valence-corrected chi connectivity index (χ0v) is 11.6. The quantitative estimate of drug-likeness (QED) is 0.666. The van der Waals surface area contributed by atoms with Crippen molar-refractivity contribution < 1.29 is 14.5 Å². The molecule has 0 bridgehead atoms. The van der Waals surface area contributed by atoms with E-state index in [1.165, 1.54) is 25.3 Å². The highest BCUT2D eigenvalue weighted by molar-refractivity contribution is 9.10. The summed E-state index contributed by atoms with van der Waals surface area (Å²) in [6, 6.07) is 4.07. The van der Waals surface area contributed by atoms with E-state index in [9.17, 15) is 14.9 Å². The van der Waals surface area contributed by atoms with Gasteiger partial charge in [-0.25, -0.2) is 0 Å². The van der Waals surface area contributed by atoms with Gasteiger partial charge in [-0.15, -0.1) is 0 Å². The molecule has 6 nitrogen and oxygen atoms in total. The third-order valence-electron chi connectivity index (χ3n) is 2.20. The van der Waals surface area contributed by atoms with Crippen LogP contribution in [0.15, 0.2) is 22.7 Å². The molecular formula is C11H13BrN2O4. The van der Waals surface area contributed by atoms with Gasteiger partial charge in [-0.05, 0) is 35.0 Å². The molecule has 0 heterocycles. The van der Waals surface area contributed by atoms with E-state index in [-0.39, 0.29) is 23.2 Å². The monoisotopic (exact) mass is 316 g/mol. The van der Waals surface area contributed by atoms with Crippen molar-refractivity contribution in [3.8, 4) is 0 Å². The van der Waals surface area contributed by atoms with Gasteiger partial charge in [-0.3, -0.25) is 14.9 Å². The van der Waals surface area contributed by atoms with Crippen LogP contribution in [0.1, 0.15) is 17.3 Å². The Morgan fingerprint density at radius 1 is 1.61 bits per heavy atom. The third-order valence-corrected chi connectivity index (χ3v) is 2.87. The van der Waals surface area contributed by atoms with Crippen LogP contribution in [0.2, 0.25) is 0 Å². The van der Waals surface area contributed by atoms with Crippen molar-refractivity contribution in [1.82, 2.24) is 5.32 Å². The minimum absolute atomic E-state index is 0.137. The molecule has 0 saturated heterocycles. The van der Waals surface area contributed by atoms with Crippen molar-refractivity contribution in [2.45, 2.75) is 13.0 Å². The fourth-order valence-electron chi connectivity index (χ4n) is 1.39. The zero-order chi connectivity index (χ0) is 13.7. The lowest BCUT2D eigenvalue weighted by Crippen LogP contribution is -2.35. The maximum absolute atomic E-state index is 11.8. The molecule has 0 aromatic heterocycles. The summed E-state index contributed by atoms with van der Waals surface area (Å²) in [6.45, 7) is 2.17. The molecule has 0 fully saturated rings. The van der Waals surface area contributed by atoms with Gasteiger partial charge in [0, 0.05) is 24.8 Å². The number of methoxy groups -OCH3 is 1. The summed E-state index contributed by atoms with van der Waals surface area (Å²) in [5.74, 6) is -0.366. The molecular weight excluding hydrogens is 304 g/mol. The van der Waals surface area contributed by atoms with Gasteiger partial charge in [-0.2, -0.15) is 0 Å². The van der Waals surface area contributed by atoms with Crippen LogP contribution < -0.4 is 5.32 Å². The van der Waals surface area contributed by atoms with Crippen molar-refractivity contribution in [3.63, 3.8) is 0 Å². The second-order valence-corrected chi connectivity index (χ2v) is 4.61. The molecule has 0 aliphatic carbocycles. The molecule has 1 aromatic rings. The molecule has 0 aliphatic heterocycles. The molecule has 18 heavy (non-hydrogen) atoms. The fourth-order valence-corrected chi connectivity index (χ4v) is 1.78. The summed E-state index contributed by atoms with van der Waals surface area (Å²) in [6.07, 6.45) is 0. The predicted octanol–water partition coefficient (Wildman–Crippen LogP) is 2.12. The zero-order valence-electron chi connectivity index (χ0n) is 9.97. The van der Waals surface area contributed by atoms with Crippen molar-refractivity contribution in [2.75, 3.05) is 13.7 Å². The molecule has 1 unspecified atom stereocenters. The Kier molecular flexibility index (Phi) is 5.24. The first-order valence-corrected chi connectivity index (χ1v) is 5.98. The number of benzene rings is 1. The Labute approximate surface area is 113 Å². The van der Waals surface area contributed by atoms with E-state index in [2.05, 4.69) is 21.2 Å². The van der Waals surface area contributed by atoms with Gasteiger partial charge in [0.05, 0.1) is 16.0 Å². The molecule has 1 atom stereocenters. The number of halogens is 1. The number of hydrogen-bond acceptors (Lipinski definition) is 4. The van der Waals surface area contributed by atoms with E-state index in [0.29, 0.717) is 11.1 Å². The van der Waals surface area contributed by atoms with Crippen molar-refractivity contribution in [1.29, 1.82) is 0 Å². The Hall–Kier alpha value is -1.47. The molecule has 1 rings (SSSR count). The summed E-state index contributed by atoms with van der Waals surface area (Å²) in [7, 11) is 1.53. The number of nitrogens with zero attached hydrogens (tertiary/aromatic N) is 1. The number of amides is 1. The van der Waals surface area contributed by atoms with Gasteiger partial charge in [0.15, 0.2) is 0 Å². The summed E-state index contributed by atoms with van der Waals surface area (Å²) >= 11 is 3.06. The maximum Gasteiger partial charge on any atom is 0.284 e. The molecule has 0 radical (unpaired) electrons. The van der Waals surface area contributed by atoms with Gasteiger partial charge in [0.2, 0.25) is 0 Å². The highest BCUT2D eigenvalue weighted by atomic mass is 79.9. The number of nitrogens with one attached hydrogen (secondary N) is 1.